The predicted octanol–water partition coefficient (Wildman–Crippen LogP) is 5.70. The largest absolute Gasteiger partial charge is 0.432 e. The molecule has 4 saturated carbocycles. The number of hydrogen-bond donors (Lipinski definition) is 13. The summed E-state index contributed by atoms with van der Waals surface area (Å²) in [5.74, 6) is -0.744. The molecule has 21 unspecified atom stereocenters. The summed E-state index contributed by atoms with van der Waals surface area (Å²) in [6.07, 6.45) is -26.1. The number of esters is 1. The quantitative estimate of drug-likeness (QED) is 0.0670. The Morgan fingerprint density at radius 3 is 1.48 bits per heavy atom. The highest BCUT2D eigenvalue weighted by Crippen LogP contribution is 2.74. The third-order valence-corrected chi connectivity index (χ3v) is 16.7. The minimum Gasteiger partial charge on any atom is -0.432 e. The van der Waals surface area contributed by atoms with Crippen LogP contribution in [0.1, 0.15) is 190 Å². The van der Waals surface area contributed by atoms with Crippen LogP contribution in [0.3, 0.4) is 0 Å². The molecule has 500 valence electrons. The molecule has 13 N–H and O–H groups in total. The van der Waals surface area contributed by atoms with E-state index in [2.05, 4.69) is 13.5 Å². The van der Waals surface area contributed by atoms with E-state index in [9.17, 15) is 71.2 Å². The average molecular weight is 1190 g/mol. The normalized spacial score (nSPS) is 43.9. The lowest BCUT2D eigenvalue weighted by Gasteiger charge is -2.64. The summed E-state index contributed by atoms with van der Waals surface area (Å²) >= 11 is 0. The van der Waals surface area contributed by atoms with Crippen molar-refractivity contribution in [2.45, 2.75) is 313 Å². The monoisotopic (exact) mass is 1190 g/mol. The zero-order valence-corrected chi connectivity index (χ0v) is 36.5. The summed E-state index contributed by atoms with van der Waals surface area (Å²) in [6.45, 7) is 5.86. The molecule has 0 amide bonds. The number of ether oxygens (including phenoxy) is 8. The fraction of sp³-hybridized carbons (Fsp3) is 0.949. The second kappa shape index (κ2) is 37.2. The van der Waals surface area contributed by atoms with Gasteiger partial charge in [0.2, 0.25) is 6.29 Å². The second-order valence-corrected chi connectivity index (χ2v) is 20.4. The first-order chi connectivity index (χ1) is 30.7. The third-order valence-electron chi connectivity index (χ3n) is 16.7. The van der Waals surface area contributed by atoms with Gasteiger partial charge in [-0.25, -0.2) is 0 Å². The van der Waals surface area contributed by atoms with Crippen molar-refractivity contribution in [1.29, 1.82) is 0 Å². The molecule has 8 aliphatic rings. The molecule has 22 heteroatoms. The van der Waals surface area contributed by atoms with Gasteiger partial charge in [0.25, 0.3) is 0 Å². The van der Waals surface area contributed by atoms with Crippen LogP contribution in [0.25, 0.3) is 0 Å². The van der Waals surface area contributed by atoms with Gasteiger partial charge in [0.15, 0.2) is 18.9 Å². The highest BCUT2D eigenvalue weighted by Gasteiger charge is 2.69. The number of carbonyl (C=O) groups is 1. The Kier molecular flexibility index (Phi) is 45.2. The van der Waals surface area contributed by atoms with Crippen LogP contribution in [-0.2, 0) is 42.7 Å². The Morgan fingerprint density at radius 2 is 0.963 bits per heavy atom. The molecule has 4 aliphatic heterocycles. The van der Waals surface area contributed by atoms with Crippen LogP contribution in [0, 0.1) is 28.1 Å². The van der Waals surface area contributed by atoms with Crippen molar-refractivity contribution in [2.75, 3.05) is 26.4 Å². The fourth-order valence-corrected chi connectivity index (χ4v) is 13.2. The third kappa shape index (κ3) is 16.7. The van der Waals surface area contributed by atoms with Gasteiger partial charge in [0, 0.05) is 0 Å². The van der Waals surface area contributed by atoms with Gasteiger partial charge >= 0.3 is 5.97 Å². The van der Waals surface area contributed by atoms with E-state index in [-0.39, 0.29) is 136 Å². The number of aliphatic hydroxyl groups is 13. The molecule has 8 rings (SSSR count). The lowest BCUT2D eigenvalue weighted by molar-refractivity contribution is -0.395. The molecule has 0 aromatic rings. The molecule has 4 heterocycles. The standard InChI is InChI=1S/C43H68O22.16CH4/c1-17-11-42-9-5-22-40(2,7-4-8-41(22,3)39(57)64-37-32(56)29(53)26(50)20(13-45)60-37)23(42)6-10-43(17,16-42)65-38-34(63-35-30(54)24(48)18(47)15-58-35)33(27(51)21(14-46)61-38)62-36-31(55)28(52)25(49)19(12-44)59-36;;;;;;;;;;;;;;;;/h18-38,44-56H,1,4-16H2,2-3H3;16*1H4/t18?,19?,20?,21?,22?,23-,24?,25?,26?,27?,28?,29?,30?,31?,32?,33?,34?,35?,36?,37?,38?,40+,41+,42+,43?;;;;;;;;;;;;;;;;/m0................/s1. The second-order valence-electron chi connectivity index (χ2n) is 20.4. The van der Waals surface area contributed by atoms with Crippen LogP contribution in [0.5, 0.6) is 0 Å². The first-order valence-corrected chi connectivity index (χ1v) is 22.8. The Hall–Kier alpha value is -1.59. The first kappa shape index (κ1) is 98.5. The molecule has 8 fully saturated rings. The molecule has 4 saturated heterocycles. The number of hydrogen-bond acceptors (Lipinski definition) is 22. The molecule has 25 atom stereocenters. The molecule has 4 aliphatic carbocycles. The minimum atomic E-state index is -1.92. The predicted molar refractivity (Wildman–Crippen MR) is 321 cm³/mol. The Morgan fingerprint density at radius 1 is 0.519 bits per heavy atom. The number of aliphatic hydroxyl groups excluding tert-OH is 13. The van der Waals surface area contributed by atoms with Gasteiger partial charge in [-0.05, 0) is 86.5 Å². The van der Waals surface area contributed by atoms with E-state index in [1.807, 2.05) is 6.92 Å². The van der Waals surface area contributed by atoms with Crippen molar-refractivity contribution in [2.24, 2.45) is 28.1 Å². The number of carbonyl (C=O) groups excluding carboxylic acids is 1. The molecule has 1 spiro atoms. The van der Waals surface area contributed by atoms with Gasteiger partial charge < -0.3 is 104 Å². The van der Waals surface area contributed by atoms with Crippen molar-refractivity contribution < 1.29 is 109 Å². The van der Waals surface area contributed by atoms with Gasteiger partial charge in [-0.3, -0.25) is 4.79 Å². The Labute approximate surface area is 493 Å². The van der Waals surface area contributed by atoms with E-state index in [0.29, 0.717) is 51.4 Å². The molecule has 0 radical (unpaired) electrons. The van der Waals surface area contributed by atoms with Crippen LogP contribution in [0.15, 0.2) is 12.2 Å². The maximum Gasteiger partial charge on any atom is 0.314 e. The van der Waals surface area contributed by atoms with Crippen molar-refractivity contribution in [3.05, 3.63) is 12.2 Å². The molecular weight excluding hydrogens is 1060 g/mol. The van der Waals surface area contributed by atoms with E-state index in [4.69, 9.17) is 37.9 Å². The van der Waals surface area contributed by atoms with E-state index >= 15 is 0 Å². The topological polar surface area (TPSA) is 354 Å². The smallest absolute Gasteiger partial charge is 0.314 e. The lowest BCUT2D eigenvalue weighted by Crippen LogP contribution is -2.67. The Balaban J connectivity index is -0.000000463. The van der Waals surface area contributed by atoms with Crippen LogP contribution < -0.4 is 0 Å². The Bertz CT molecular complexity index is 1710. The zero-order chi connectivity index (χ0) is 47.1. The summed E-state index contributed by atoms with van der Waals surface area (Å²) in [6, 6.07) is 0. The van der Waals surface area contributed by atoms with Gasteiger partial charge in [0.05, 0.1) is 37.4 Å². The summed E-state index contributed by atoms with van der Waals surface area (Å²) in [7, 11) is 0. The SMILES string of the molecule is C.C.C.C.C.C.C.C.C.C.C.C.C.C.C.C.C=C1C[C@@]23CCC4[C@](C)(C(=O)OC5OC(CO)C(O)C(O)C5O)CCC[C@@]4(C)[C@@H]2CCC1(OC1OC(CO)C(O)C(OC2OC(CO)C(O)C(O)C2O)C1OC1OCC(O)C(O)C1O)C3. The lowest BCUT2D eigenvalue weighted by atomic mass is 9.41. The number of rotatable bonds is 11. The van der Waals surface area contributed by atoms with Gasteiger partial charge in [-0.15, -0.1) is 0 Å². The van der Waals surface area contributed by atoms with E-state index in [0.717, 1.165) is 12.0 Å². The molecule has 0 aromatic heterocycles. The van der Waals surface area contributed by atoms with Crippen LogP contribution in [0.4, 0.5) is 0 Å². The first-order valence-electron chi connectivity index (χ1n) is 22.8. The minimum absolute atomic E-state index is 0. The molecular formula is C59H132O22. The summed E-state index contributed by atoms with van der Waals surface area (Å²) in [5.41, 5.74) is -2.17. The fourth-order valence-electron chi connectivity index (χ4n) is 13.2. The van der Waals surface area contributed by atoms with Gasteiger partial charge in [-0.2, -0.15) is 0 Å². The average Bonchev–Trinajstić information content (AvgIpc) is 3.48. The van der Waals surface area contributed by atoms with Crippen LogP contribution >= 0.6 is 0 Å². The van der Waals surface area contributed by atoms with Crippen molar-refractivity contribution in [3.63, 3.8) is 0 Å². The summed E-state index contributed by atoms with van der Waals surface area (Å²) in [5, 5.41) is 137. The van der Waals surface area contributed by atoms with E-state index in [1.165, 1.54) is 0 Å². The van der Waals surface area contributed by atoms with Crippen LogP contribution in [0.2, 0.25) is 0 Å². The van der Waals surface area contributed by atoms with Gasteiger partial charge in [0.1, 0.15) is 91.6 Å². The maximum absolute atomic E-state index is 14.3. The van der Waals surface area contributed by atoms with Crippen molar-refractivity contribution in [1.82, 2.24) is 0 Å². The van der Waals surface area contributed by atoms with Crippen molar-refractivity contribution >= 4 is 5.97 Å². The van der Waals surface area contributed by atoms with E-state index < -0.39 is 166 Å². The molecule has 81 heavy (non-hydrogen) atoms. The zero-order valence-electron chi connectivity index (χ0n) is 36.5. The highest BCUT2D eigenvalue weighted by atomic mass is 16.8. The maximum atomic E-state index is 14.3. The van der Waals surface area contributed by atoms with Crippen LogP contribution in [-0.4, -0.2) is 221 Å². The highest BCUT2D eigenvalue weighted by molar-refractivity contribution is 5.77. The summed E-state index contributed by atoms with van der Waals surface area (Å²) in [4.78, 5) is 14.3. The van der Waals surface area contributed by atoms with E-state index in [1.54, 1.807) is 0 Å². The number of fused-ring (bicyclic) bond motifs is 3. The molecule has 0 aromatic carbocycles. The van der Waals surface area contributed by atoms with Crippen molar-refractivity contribution in [3.8, 4) is 0 Å². The molecule has 22 nitrogen and oxygen atoms in total. The van der Waals surface area contributed by atoms with Gasteiger partial charge in [-0.1, -0.05) is 139 Å². The summed E-state index contributed by atoms with van der Waals surface area (Å²) < 4.78 is 48.1. The molecule has 2 bridgehead atoms.